The van der Waals surface area contributed by atoms with Gasteiger partial charge >= 0.3 is 0 Å². The van der Waals surface area contributed by atoms with Crippen LogP contribution in [-0.4, -0.2) is 12.1 Å². The fraction of sp³-hybridized carbons (Fsp3) is 0.647. The molecule has 0 saturated heterocycles. The normalized spacial score (nSPS) is 21.8. The van der Waals surface area contributed by atoms with Gasteiger partial charge in [0.05, 0.1) is 17.5 Å². The molecule has 1 unspecified atom stereocenters. The maximum absolute atomic E-state index is 6.23. The Morgan fingerprint density at radius 2 is 2.10 bits per heavy atom. The molecule has 0 radical (unpaired) electrons. The average Bonchev–Trinajstić information content (AvgIpc) is 2.32. The molecule has 0 aromatic heterocycles. The monoisotopic (exact) mass is 276 g/mol. The SMILES string of the molecule is CC(C)Oc1cccc(NC2CCCC(C)(C)C2)c1N. The molecule has 1 aromatic carbocycles. The van der Waals surface area contributed by atoms with E-state index < -0.39 is 0 Å². The van der Waals surface area contributed by atoms with Crippen LogP contribution in [0.3, 0.4) is 0 Å². The molecule has 1 aliphatic rings. The van der Waals surface area contributed by atoms with Crippen molar-refractivity contribution in [2.24, 2.45) is 5.41 Å². The summed E-state index contributed by atoms with van der Waals surface area (Å²) >= 11 is 0. The average molecular weight is 276 g/mol. The summed E-state index contributed by atoms with van der Waals surface area (Å²) in [6.07, 6.45) is 5.16. The lowest BCUT2D eigenvalue weighted by atomic mass is 9.75. The molecule has 3 heteroatoms. The smallest absolute Gasteiger partial charge is 0.144 e. The first kappa shape index (κ1) is 15.0. The molecule has 1 atom stereocenters. The molecule has 0 aliphatic heterocycles. The Balaban J connectivity index is 2.09. The largest absolute Gasteiger partial charge is 0.489 e. The Hall–Kier alpha value is -1.38. The zero-order chi connectivity index (χ0) is 14.8. The summed E-state index contributed by atoms with van der Waals surface area (Å²) in [6.45, 7) is 8.73. The first-order valence-corrected chi connectivity index (χ1v) is 7.69. The number of nitrogens with one attached hydrogen (secondary N) is 1. The third-order valence-corrected chi connectivity index (χ3v) is 3.99. The summed E-state index contributed by atoms with van der Waals surface area (Å²) in [4.78, 5) is 0. The molecule has 1 aromatic rings. The van der Waals surface area contributed by atoms with Crippen molar-refractivity contribution >= 4 is 11.4 Å². The first-order valence-electron chi connectivity index (χ1n) is 7.69. The van der Waals surface area contributed by atoms with E-state index in [1.54, 1.807) is 0 Å². The van der Waals surface area contributed by atoms with Gasteiger partial charge in [0.1, 0.15) is 5.75 Å². The molecule has 0 heterocycles. The number of nitrogens with two attached hydrogens (primary N) is 1. The van der Waals surface area contributed by atoms with Crippen LogP contribution in [0.1, 0.15) is 53.4 Å². The van der Waals surface area contributed by atoms with E-state index in [9.17, 15) is 0 Å². The van der Waals surface area contributed by atoms with Crippen molar-refractivity contribution in [1.29, 1.82) is 0 Å². The standard InChI is InChI=1S/C17H28N2O/c1-12(2)20-15-9-5-8-14(16(15)18)19-13-7-6-10-17(3,4)11-13/h5,8-9,12-13,19H,6-7,10-11,18H2,1-4H3. The van der Waals surface area contributed by atoms with E-state index in [0.717, 1.165) is 17.1 Å². The van der Waals surface area contributed by atoms with Gasteiger partial charge in [0, 0.05) is 6.04 Å². The molecule has 112 valence electrons. The molecule has 1 saturated carbocycles. The molecule has 1 aliphatic carbocycles. The Labute approximate surface area is 122 Å². The first-order chi connectivity index (χ1) is 9.37. The van der Waals surface area contributed by atoms with Crippen molar-refractivity contribution in [2.45, 2.75) is 65.5 Å². The number of hydrogen-bond donors (Lipinski definition) is 2. The fourth-order valence-electron chi connectivity index (χ4n) is 3.07. The van der Waals surface area contributed by atoms with Crippen molar-refractivity contribution in [3.63, 3.8) is 0 Å². The second-order valence-electron chi connectivity index (χ2n) is 6.99. The number of nitrogen functional groups attached to an aromatic ring is 1. The lowest BCUT2D eigenvalue weighted by Crippen LogP contribution is -2.32. The van der Waals surface area contributed by atoms with Gasteiger partial charge in [-0.3, -0.25) is 0 Å². The minimum Gasteiger partial charge on any atom is -0.489 e. The highest BCUT2D eigenvalue weighted by molar-refractivity contribution is 5.73. The van der Waals surface area contributed by atoms with Crippen LogP contribution in [0.15, 0.2) is 18.2 Å². The topological polar surface area (TPSA) is 47.3 Å². The van der Waals surface area contributed by atoms with Gasteiger partial charge in [-0.1, -0.05) is 26.3 Å². The van der Waals surface area contributed by atoms with Gasteiger partial charge in [0.15, 0.2) is 0 Å². The molecule has 0 bridgehead atoms. The molecule has 2 rings (SSSR count). The van der Waals surface area contributed by atoms with E-state index in [0.29, 0.717) is 11.5 Å². The van der Waals surface area contributed by atoms with E-state index in [1.807, 2.05) is 32.0 Å². The van der Waals surface area contributed by atoms with Crippen molar-refractivity contribution in [2.75, 3.05) is 11.1 Å². The van der Waals surface area contributed by atoms with E-state index in [-0.39, 0.29) is 6.10 Å². The van der Waals surface area contributed by atoms with Crippen molar-refractivity contribution < 1.29 is 4.74 Å². The third kappa shape index (κ3) is 3.81. The highest BCUT2D eigenvalue weighted by Crippen LogP contribution is 2.38. The van der Waals surface area contributed by atoms with Gasteiger partial charge in [0.2, 0.25) is 0 Å². The number of ether oxygens (including phenoxy) is 1. The lowest BCUT2D eigenvalue weighted by molar-refractivity contribution is 0.229. The van der Waals surface area contributed by atoms with Crippen molar-refractivity contribution in [3.8, 4) is 5.75 Å². The molecule has 20 heavy (non-hydrogen) atoms. The maximum Gasteiger partial charge on any atom is 0.144 e. The number of hydrogen-bond acceptors (Lipinski definition) is 3. The molecular weight excluding hydrogens is 248 g/mol. The van der Waals surface area contributed by atoms with Crippen LogP contribution in [0.4, 0.5) is 11.4 Å². The van der Waals surface area contributed by atoms with Crippen LogP contribution in [0.2, 0.25) is 0 Å². The number of para-hydroxylation sites is 1. The minimum absolute atomic E-state index is 0.140. The van der Waals surface area contributed by atoms with Crippen LogP contribution < -0.4 is 15.8 Å². The summed E-state index contributed by atoms with van der Waals surface area (Å²) in [7, 11) is 0. The fourth-order valence-corrected chi connectivity index (χ4v) is 3.07. The Kier molecular flexibility index (Phi) is 4.46. The second kappa shape index (κ2) is 5.94. The zero-order valence-corrected chi connectivity index (χ0v) is 13.2. The van der Waals surface area contributed by atoms with Gasteiger partial charge in [0.25, 0.3) is 0 Å². The van der Waals surface area contributed by atoms with Crippen molar-refractivity contribution in [3.05, 3.63) is 18.2 Å². The predicted octanol–water partition coefficient (Wildman–Crippen LogP) is 4.44. The highest BCUT2D eigenvalue weighted by atomic mass is 16.5. The maximum atomic E-state index is 6.23. The number of rotatable bonds is 4. The second-order valence-corrected chi connectivity index (χ2v) is 6.99. The molecule has 0 spiro atoms. The summed E-state index contributed by atoms with van der Waals surface area (Å²) in [5, 5.41) is 3.61. The van der Waals surface area contributed by atoms with Gasteiger partial charge < -0.3 is 15.8 Å². The Bertz CT molecular complexity index is 454. The quantitative estimate of drug-likeness (QED) is 0.799. The number of anilines is 2. The summed E-state index contributed by atoms with van der Waals surface area (Å²) in [6, 6.07) is 6.50. The predicted molar refractivity (Wildman–Crippen MR) is 86.3 cm³/mol. The van der Waals surface area contributed by atoms with Crippen LogP contribution in [0, 0.1) is 5.41 Å². The van der Waals surface area contributed by atoms with Crippen LogP contribution >= 0.6 is 0 Å². The lowest BCUT2D eigenvalue weighted by Gasteiger charge is -2.36. The molecule has 0 amide bonds. The molecule has 3 nitrogen and oxygen atoms in total. The van der Waals surface area contributed by atoms with Gasteiger partial charge in [-0.15, -0.1) is 0 Å². The number of benzene rings is 1. The van der Waals surface area contributed by atoms with Gasteiger partial charge in [-0.05, 0) is 50.7 Å². The van der Waals surface area contributed by atoms with Gasteiger partial charge in [-0.25, -0.2) is 0 Å². The van der Waals surface area contributed by atoms with E-state index >= 15 is 0 Å². The molecule has 1 fully saturated rings. The third-order valence-electron chi connectivity index (χ3n) is 3.99. The molecule has 3 N–H and O–H groups in total. The zero-order valence-electron chi connectivity index (χ0n) is 13.2. The summed E-state index contributed by atoms with van der Waals surface area (Å²) in [5.41, 5.74) is 8.39. The summed E-state index contributed by atoms with van der Waals surface area (Å²) in [5.74, 6) is 0.778. The Morgan fingerprint density at radius 1 is 1.35 bits per heavy atom. The Morgan fingerprint density at radius 3 is 2.75 bits per heavy atom. The van der Waals surface area contributed by atoms with Crippen LogP contribution in [0.5, 0.6) is 5.75 Å². The highest BCUT2D eigenvalue weighted by Gasteiger charge is 2.28. The van der Waals surface area contributed by atoms with Crippen LogP contribution in [-0.2, 0) is 0 Å². The summed E-state index contributed by atoms with van der Waals surface area (Å²) < 4.78 is 5.75. The van der Waals surface area contributed by atoms with E-state index in [2.05, 4.69) is 19.2 Å². The molecular formula is C17H28N2O. The van der Waals surface area contributed by atoms with Crippen LogP contribution in [0.25, 0.3) is 0 Å². The van der Waals surface area contributed by atoms with E-state index in [4.69, 9.17) is 10.5 Å². The van der Waals surface area contributed by atoms with E-state index in [1.165, 1.54) is 25.7 Å². The minimum atomic E-state index is 0.140. The van der Waals surface area contributed by atoms with Crippen molar-refractivity contribution in [1.82, 2.24) is 0 Å². The van der Waals surface area contributed by atoms with Gasteiger partial charge in [-0.2, -0.15) is 0 Å².